The van der Waals surface area contributed by atoms with Crippen LogP contribution in [0, 0.1) is 11.7 Å². The van der Waals surface area contributed by atoms with Gasteiger partial charge in [0.2, 0.25) is 5.91 Å². The SMILES string of the molecule is O=C1[C@H]([C@H]2CO2)C(c2ccc(OCc3ccccc3)cc2)N1c1ccc(F)cc1. The van der Waals surface area contributed by atoms with E-state index in [-0.39, 0.29) is 29.8 Å². The molecule has 0 bridgehead atoms. The Labute approximate surface area is 168 Å². The van der Waals surface area contributed by atoms with Crippen molar-refractivity contribution in [3.8, 4) is 5.75 Å². The second-order valence-electron chi connectivity index (χ2n) is 7.37. The van der Waals surface area contributed by atoms with Gasteiger partial charge >= 0.3 is 0 Å². The third-order valence-corrected chi connectivity index (χ3v) is 5.48. The number of nitrogens with zero attached hydrogens (tertiary/aromatic N) is 1. The van der Waals surface area contributed by atoms with Gasteiger partial charge in [-0.05, 0) is 47.5 Å². The molecule has 3 atom stereocenters. The molecule has 146 valence electrons. The number of rotatable bonds is 6. The van der Waals surface area contributed by atoms with Gasteiger partial charge in [0, 0.05) is 5.69 Å². The molecule has 0 radical (unpaired) electrons. The molecule has 2 saturated heterocycles. The molecule has 4 nitrogen and oxygen atoms in total. The van der Waals surface area contributed by atoms with E-state index in [1.165, 1.54) is 12.1 Å². The molecule has 0 spiro atoms. The summed E-state index contributed by atoms with van der Waals surface area (Å²) >= 11 is 0. The number of hydrogen-bond acceptors (Lipinski definition) is 3. The molecule has 0 aliphatic carbocycles. The first kappa shape index (κ1) is 17.9. The molecule has 2 fully saturated rings. The van der Waals surface area contributed by atoms with E-state index in [2.05, 4.69) is 0 Å². The van der Waals surface area contributed by atoms with Crippen LogP contribution in [-0.2, 0) is 16.1 Å². The van der Waals surface area contributed by atoms with E-state index in [1.54, 1.807) is 17.0 Å². The molecular formula is C24H20FNO3. The van der Waals surface area contributed by atoms with Gasteiger partial charge < -0.3 is 14.4 Å². The van der Waals surface area contributed by atoms with Gasteiger partial charge in [0.05, 0.1) is 24.7 Å². The number of amides is 1. The number of anilines is 1. The summed E-state index contributed by atoms with van der Waals surface area (Å²) < 4.78 is 24.6. The molecular weight excluding hydrogens is 369 g/mol. The van der Waals surface area contributed by atoms with Gasteiger partial charge in [-0.2, -0.15) is 0 Å². The molecule has 29 heavy (non-hydrogen) atoms. The summed E-state index contributed by atoms with van der Waals surface area (Å²) in [4.78, 5) is 14.5. The lowest BCUT2D eigenvalue weighted by atomic mass is 9.79. The minimum absolute atomic E-state index is 0.0218. The molecule has 0 aromatic heterocycles. The van der Waals surface area contributed by atoms with Crippen molar-refractivity contribution in [2.24, 2.45) is 5.92 Å². The predicted molar refractivity (Wildman–Crippen MR) is 107 cm³/mol. The van der Waals surface area contributed by atoms with Crippen molar-refractivity contribution in [1.29, 1.82) is 0 Å². The average molecular weight is 389 g/mol. The van der Waals surface area contributed by atoms with Gasteiger partial charge in [-0.15, -0.1) is 0 Å². The largest absolute Gasteiger partial charge is 0.489 e. The standard InChI is InChI=1S/C24H20FNO3/c25-18-8-10-19(11-9-18)26-23(22(24(26)27)21-15-29-21)17-6-12-20(13-7-17)28-14-16-4-2-1-3-5-16/h1-13,21-23H,14-15H2/t21-,22-,23?/m1/s1. The molecule has 2 heterocycles. The highest BCUT2D eigenvalue weighted by Gasteiger charge is 2.56. The minimum atomic E-state index is -0.319. The zero-order chi connectivity index (χ0) is 19.8. The van der Waals surface area contributed by atoms with Gasteiger partial charge in [-0.25, -0.2) is 4.39 Å². The van der Waals surface area contributed by atoms with Gasteiger partial charge in [0.1, 0.15) is 18.2 Å². The lowest BCUT2D eigenvalue weighted by Crippen LogP contribution is -2.57. The zero-order valence-corrected chi connectivity index (χ0v) is 15.7. The molecule has 1 amide bonds. The van der Waals surface area contributed by atoms with Crippen molar-refractivity contribution in [2.45, 2.75) is 18.8 Å². The van der Waals surface area contributed by atoms with Gasteiger partial charge in [-0.1, -0.05) is 42.5 Å². The van der Waals surface area contributed by atoms with Gasteiger partial charge in [-0.3, -0.25) is 4.79 Å². The van der Waals surface area contributed by atoms with Crippen molar-refractivity contribution < 1.29 is 18.7 Å². The van der Waals surface area contributed by atoms with Crippen LogP contribution in [0.4, 0.5) is 10.1 Å². The fourth-order valence-corrected chi connectivity index (χ4v) is 3.88. The van der Waals surface area contributed by atoms with E-state index >= 15 is 0 Å². The lowest BCUT2D eigenvalue weighted by Gasteiger charge is -2.47. The van der Waals surface area contributed by atoms with Crippen LogP contribution in [0.15, 0.2) is 78.9 Å². The van der Waals surface area contributed by atoms with Crippen molar-refractivity contribution in [3.05, 3.63) is 95.8 Å². The lowest BCUT2D eigenvalue weighted by molar-refractivity contribution is -0.131. The maximum absolute atomic E-state index is 13.3. The molecule has 3 aromatic carbocycles. The van der Waals surface area contributed by atoms with Crippen LogP contribution in [0.2, 0.25) is 0 Å². The Morgan fingerprint density at radius 2 is 1.66 bits per heavy atom. The molecule has 2 aliphatic heterocycles. The Morgan fingerprint density at radius 1 is 0.966 bits per heavy atom. The Bertz CT molecular complexity index is 1000. The number of epoxide rings is 1. The number of β-lactam (4-membered cyclic amide) rings is 1. The molecule has 0 saturated carbocycles. The van der Waals surface area contributed by atoms with Crippen LogP contribution in [-0.4, -0.2) is 18.6 Å². The van der Waals surface area contributed by atoms with E-state index in [9.17, 15) is 9.18 Å². The molecule has 5 rings (SSSR count). The third kappa shape index (κ3) is 3.49. The van der Waals surface area contributed by atoms with Crippen LogP contribution in [0.25, 0.3) is 0 Å². The molecule has 3 aromatic rings. The first-order chi connectivity index (χ1) is 14.2. The molecule has 0 N–H and O–H groups in total. The van der Waals surface area contributed by atoms with E-state index < -0.39 is 0 Å². The normalized spacial score (nSPS) is 22.9. The number of carbonyl (C=O) groups excluding carboxylic acids is 1. The Hall–Kier alpha value is -3.18. The van der Waals surface area contributed by atoms with Gasteiger partial charge in [0.15, 0.2) is 0 Å². The van der Waals surface area contributed by atoms with Crippen LogP contribution < -0.4 is 9.64 Å². The maximum Gasteiger partial charge on any atom is 0.235 e. The maximum atomic E-state index is 13.3. The Balaban J connectivity index is 1.35. The monoisotopic (exact) mass is 389 g/mol. The van der Waals surface area contributed by atoms with E-state index in [4.69, 9.17) is 9.47 Å². The highest BCUT2D eigenvalue weighted by Crippen LogP contribution is 2.48. The summed E-state index contributed by atoms with van der Waals surface area (Å²) in [6, 6.07) is 23.7. The Morgan fingerprint density at radius 3 is 2.31 bits per heavy atom. The number of benzene rings is 3. The van der Waals surface area contributed by atoms with Crippen LogP contribution >= 0.6 is 0 Å². The summed E-state index contributed by atoms with van der Waals surface area (Å²) in [6.45, 7) is 1.12. The zero-order valence-electron chi connectivity index (χ0n) is 15.7. The van der Waals surface area contributed by atoms with E-state index in [0.717, 1.165) is 16.9 Å². The van der Waals surface area contributed by atoms with Crippen LogP contribution in [0.5, 0.6) is 5.75 Å². The van der Waals surface area contributed by atoms with Gasteiger partial charge in [0.25, 0.3) is 0 Å². The first-order valence-corrected chi connectivity index (χ1v) is 9.67. The van der Waals surface area contributed by atoms with Crippen LogP contribution in [0.3, 0.4) is 0 Å². The van der Waals surface area contributed by atoms with Crippen LogP contribution in [0.1, 0.15) is 17.2 Å². The second-order valence-corrected chi connectivity index (χ2v) is 7.37. The predicted octanol–water partition coefficient (Wildman–Crippen LogP) is 4.51. The summed E-state index contributed by atoms with van der Waals surface area (Å²) in [5.74, 6) is 0.278. The summed E-state index contributed by atoms with van der Waals surface area (Å²) in [5, 5.41) is 0. The average Bonchev–Trinajstić information content (AvgIpc) is 3.58. The summed E-state index contributed by atoms with van der Waals surface area (Å²) in [5.41, 5.74) is 2.82. The summed E-state index contributed by atoms with van der Waals surface area (Å²) in [7, 11) is 0. The fourth-order valence-electron chi connectivity index (χ4n) is 3.88. The number of halogens is 1. The number of ether oxygens (including phenoxy) is 2. The van der Waals surface area contributed by atoms with E-state index in [0.29, 0.717) is 18.9 Å². The number of carbonyl (C=O) groups is 1. The molecule has 1 unspecified atom stereocenters. The second kappa shape index (κ2) is 7.33. The highest BCUT2D eigenvalue weighted by molar-refractivity contribution is 6.03. The first-order valence-electron chi connectivity index (χ1n) is 9.67. The topological polar surface area (TPSA) is 42.1 Å². The van der Waals surface area contributed by atoms with E-state index in [1.807, 2.05) is 54.6 Å². The van der Waals surface area contributed by atoms with Crippen molar-refractivity contribution in [2.75, 3.05) is 11.5 Å². The van der Waals surface area contributed by atoms with Crippen molar-refractivity contribution in [1.82, 2.24) is 0 Å². The quantitative estimate of drug-likeness (QED) is 0.460. The van der Waals surface area contributed by atoms with Crippen molar-refractivity contribution >= 4 is 11.6 Å². The minimum Gasteiger partial charge on any atom is -0.489 e. The summed E-state index contributed by atoms with van der Waals surface area (Å²) in [6.07, 6.45) is -0.0294. The molecule has 2 aliphatic rings. The molecule has 5 heteroatoms. The fraction of sp³-hybridized carbons (Fsp3) is 0.208. The highest BCUT2D eigenvalue weighted by atomic mass is 19.1. The number of hydrogen-bond donors (Lipinski definition) is 0. The third-order valence-electron chi connectivity index (χ3n) is 5.48. The smallest absolute Gasteiger partial charge is 0.235 e. The van der Waals surface area contributed by atoms with Crippen molar-refractivity contribution in [3.63, 3.8) is 0 Å². The Kier molecular flexibility index (Phi) is 4.52.